The summed E-state index contributed by atoms with van der Waals surface area (Å²) in [5.74, 6) is 0. The lowest BCUT2D eigenvalue weighted by Crippen LogP contribution is -2.15. The van der Waals surface area contributed by atoms with Crippen LogP contribution in [0.15, 0.2) is 18.7 Å². The molecule has 2 rings (SSSR count). The van der Waals surface area contributed by atoms with Crippen molar-refractivity contribution in [3.05, 3.63) is 35.7 Å². The number of aromatic nitrogens is 4. The fraction of sp³-hybridized carbons (Fsp3) is 0.500. The topological polar surface area (TPSA) is 47.7 Å². The Morgan fingerprint density at radius 1 is 1.35 bits per heavy atom. The molecular weight excluding hydrogens is 214 g/mol. The number of hydrogen-bond acceptors (Lipinski definition) is 3. The van der Waals surface area contributed by atoms with Crippen LogP contribution in [0, 0.1) is 6.92 Å². The number of nitrogens with one attached hydrogen (secondary N) is 1. The molecule has 1 N–H and O–H groups in total. The van der Waals surface area contributed by atoms with Gasteiger partial charge in [0, 0.05) is 31.0 Å². The maximum absolute atomic E-state index is 4.26. The van der Waals surface area contributed by atoms with E-state index < -0.39 is 0 Å². The molecule has 0 aliphatic rings. The summed E-state index contributed by atoms with van der Waals surface area (Å²) >= 11 is 0. The van der Waals surface area contributed by atoms with E-state index >= 15 is 0 Å². The zero-order valence-corrected chi connectivity index (χ0v) is 10.6. The van der Waals surface area contributed by atoms with Crippen molar-refractivity contribution in [2.24, 2.45) is 7.05 Å². The second-order valence-electron chi connectivity index (χ2n) is 4.17. The SMILES string of the molecule is CCNCc1cncn1Cc1cnn(C)c1C. The molecule has 0 saturated carbocycles. The Balaban J connectivity index is 2.13. The Bertz CT molecular complexity index is 483. The molecule has 0 atom stereocenters. The van der Waals surface area contributed by atoms with Crippen molar-refractivity contribution in [2.45, 2.75) is 26.9 Å². The molecule has 17 heavy (non-hydrogen) atoms. The summed E-state index contributed by atoms with van der Waals surface area (Å²) in [6.07, 6.45) is 5.71. The van der Waals surface area contributed by atoms with E-state index in [2.05, 4.69) is 33.8 Å². The molecule has 0 amide bonds. The van der Waals surface area contributed by atoms with E-state index in [0.717, 1.165) is 19.6 Å². The van der Waals surface area contributed by atoms with Gasteiger partial charge in [-0.2, -0.15) is 5.10 Å². The second-order valence-corrected chi connectivity index (χ2v) is 4.17. The van der Waals surface area contributed by atoms with Gasteiger partial charge in [-0.05, 0) is 13.5 Å². The summed E-state index contributed by atoms with van der Waals surface area (Å²) < 4.78 is 4.06. The zero-order chi connectivity index (χ0) is 12.3. The molecule has 5 heteroatoms. The number of hydrogen-bond donors (Lipinski definition) is 1. The van der Waals surface area contributed by atoms with Crippen molar-refractivity contribution < 1.29 is 0 Å². The Hall–Kier alpha value is -1.62. The van der Waals surface area contributed by atoms with Gasteiger partial charge in [-0.25, -0.2) is 4.98 Å². The van der Waals surface area contributed by atoms with E-state index in [1.165, 1.54) is 17.0 Å². The summed E-state index contributed by atoms with van der Waals surface area (Å²) in [5.41, 5.74) is 3.64. The first-order chi connectivity index (χ1) is 8.22. The molecule has 0 spiro atoms. The van der Waals surface area contributed by atoms with Crippen molar-refractivity contribution in [1.29, 1.82) is 0 Å². The average molecular weight is 233 g/mol. The third-order valence-electron chi connectivity index (χ3n) is 3.03. The molecule has 0 aliphatic heterocycles. The highest BCUT2D eigenvalue weighted by Gasteiger charge is 2.07. The Morgan fingerprint density at radius 3 is 2.82 bits per heavy atom. The molecule has 0 fully saturated rings. The lowest BCUT2D eigenvalue weighted by atomic mass is 10.2. The minimum atomic E-state index is 0.834. The Morgan fingerprint density at radius 2 is 2.18 bits per heavy atom. The van der Waals surface area contributed by atoms with Crippen LogP contribution >= 0.6 is 0 Å². The average Bonchev–Trinajstić information content (AvgIpc) is 2.89. The molecular formula is C12H19N5. The molecule has 0 unspecified atom stereocenters. The van der Waals surface area contributed by atoms with Crippen molar-refractivity contribution in [2.75, 3.05) is 6.54 Å². The zero-order valence-electron chi connectivity index (χ0n) is 10.6. The lowest BCUT2D eigenvalue weighted by Gasteiger charge is -2.08. The fourth-order valence-corrected chi connectivity index (χ4v) is 1.77. The van der Waals surface area contributed by atoms with Gasteiger partial charge in [0.1, 0.15) is 0 Å². The molecule has 5 nitrogen and oxygen atoms in total. The highest BCUT2D eigenvalue weighted by Crippen LogP contribution is 2.10. The summed E-state index contributed by atoms with van der Waals surface area (Å²) in [7, 11) is 1.96. The first kappa shape index (κ1) is 11.9. The van der Waals surface area contributed by atoms with Crippen LogP contribution in [0.2, 0.25) is 0 Å². The molecule has 0 bridgehead atoms. The molecule has 0 radical (unpaired) electrons. The molecule has 0 saturated heterocycles. The standard InChI is InChI=1S/C12H19N5/c1-4-13-6-12-7-14-9-17(12)8-11-5-15-16(3)10(11)2/h5,7,9,13H,4,6,8H2,1-3H3. The van der Waals surface area contributed by atoms with Crippen LogP contribution in [-0.2, 0) is 20.1 Å². The maximum Gasteiger partial charge on any atom is 0.0951 e. The molecule has 92 valence electrons. The molecule has 2 aromatic heterocycles. The molecule has 0 aliphatic carbocycles. The first-order valence-electron chi connectivity index (χ1n) is 5.89. The Labute approximate surface area is 101 Å². The van der Waals surface area contributed by atoms with Gasteiger partial charge < -0.3 is 9.88 Å². The van der Waals surface area contributed by atoms with Crippen LogP contribution in [0.25, 0.3) is 0 Å². The van der Waals surface area contributed by atoms with Crippen LogP contribution in [0.5, 0.6) is 0 Å². The third-order valence-corrected chi connectivity index (χ3v) is 3.03. The van der Waals surface area contributed by atoms with E-state index in [1.807, 2.05) is 30.5 Å². The van der Waals surface area contributed by atoms with Gasteiger partial charge in [-0.3, -0.25) is 4.68 Å². The lowest BCUT2D eigenvalue weighted by molar-refractivity contribution is 0.654. The number of imidazole rings is 1. The highest BCUT2D eigenvalue weighted by molar-refractivity contribution is 5.17. The van der Waals surface area contributed by atoms with E-state index in [9.17, 15) is 0 Å². The monoisotopic (exact) mass is 233 g/mol. The summed E-state index contributed by atoms with van der Waals surface area (Å²) in [4.78, 5) is 4.20. The van der Waals surface area contributed by atoms with Crippen LogP contribution in [0.1, 0.15) is 23.9 Å². The third kappa shape index (κ3) is 2.55. The van der Waals surface area contributed by atoms with Crippen molar-refractivity contribution >= 4 is 0 Å². The van der Waals surface area contributed by atoms with E-state index in [1.54, 1.807) is 0 Å². The Kier molecular flexibility index (Phi) is 3.58. The first-order valence-corrected chi connectivity index (χ1v) is 5.89. The van der Waals surface area contributed by atoms with Crippen molar-refractivity contribution in [3.8, 4) is 0 Å². The van der Waals surface area contributed by atoms with Gasteiger partial charge >= 0.3 is 0 Å². The predicted molar refractivity (Wildman–Crippen MR) is 66.7 cm³/mol. The van der Waals surface area contributed by atoms with Crippen LogP contribution in [0.4, 0.5) is 0 Å². The molecule has 2 heterocycles. The predicted octanol–water partition coefficient (Wildman–Crippen LogP) is 1.08. The summed E-state index contributed by atoms with van der Waals surface area (Å²) in [6.45, 7) is 6.85. The van der Waals surface area contributed by atoms with E-state index in [-0.39, 0.29) is 0 Å². The minimum absolute atomic E-state index is 0.834. The normalized spacial score (nSPS) is 11.0. The number of nitrogens with zero attached hydrogens (tertiary/aromatic N) is 4. The maximum atomic E-state index is 4.26. The molecule has 2 aromatic rings. The van der Waals surface area contributed by atoms with Gasteiger partial charge in [0.25, 0.3) is 0 Å². The fourth-order valence-electron chi connectivity index (χ4n) is 1.77. The minimum Gasteiger partial charge on any atom is -0.329 e. The van der Waals surface area contributed by atoms with Gasteiger partial charge in [-0.15, -0.1) is 0 Å². The quantitative estimate of drug-likeness (QED) is 0.840. The van der Waals surface area contributed by atoms with E-state index in [4.69, 9.17) is 0 Å². The van der Waals surface area contributed by atoms with Crippen LogP contribution in [-0.4, -0.2) is 25.9 Å². The highest BCUT2D eigenvalue weighted by atomic mass is 15.3. The number of rotatable bonds is 5. The van der Waals surface area contributed by atoms with Crippen molar-refractivity contribution in [3.63, 3.8) is 0 Å². The largest absolute Gasteiger partial charge is 0.329 e. The van der Waals surface area contributed by atoms with Gasteiger partial charge in [0.15, 0.2) is 0 Å². The molecule has 0 aromatic carbocycles. The van der Waals surface area contributed by atoms with Crippen LogP contribution < -0.4 is 5.32 Å². The summed E-state index contributed by atoms with van der Waals surface area (Å²) in [5, 5.41) is 7.57. The van der Waals surface area contributed by atoms with Gasteiger partial charge in [0.2, 0.25) is 0 Å². The van der Waals surface area contributed by atoms with Crippen molar-refractivity contribution in [1.82, 2.24) is 24.6 Å². The summed E-state index contributed by atoms with van der Waals surface area (Å²) in [6, 6.07) is 0. The van der Waals surface area contributed by atoms with Crippen LogP contribution in [0.3, 0.4) is 0 Å². The smallest absolute Gasteiger partial charge is 0.0951 e. The van der Waals surface area contributed by atoms with Gasteiger partial charge in [0.05, 0.1) is 24.8 Å². The van der Waals surface area contributed by atoms with Gasteiger partial charge in [-0.1, -0.05) is 6.92 Å². The number of aryl methyl sites for hydroxylation is 1. The van der Waals surface area contributed by atoms with E-state index in [0.29, 0.717) is 0 Å². The second kappa shape index (κ2) is 5.14.